The smallest absolute Gasteiger partial charge is 0.238 e. The maximum absolute atomic E-state index is 11.9. The number of thioether (sulfide) groups is 1. The van der Waals surface area contributed by atoms with Crippen molar-refractivity contribution in [3.63, 3.8) is 0 Å². The lowest BCUT2D eigenvalue weighted by Crippen LogP contribution is -2.49. The van der Waals surface area contributed by atoms with Crippen LogP contribution in [-0.2, 0) is 4.79 Å². The third-order valence-corrected chi connectivity index (χ3v) is 4.92. The molecule has 3 atom stereocenters. The van der Waals surface area contributed by atoms with E-state index in [0.717, 1.165) is 37.3 Å². The predicted molar refractivity (Wildman–Crippen MR) is 69.8 cm³/mol. The minimum atomic E-state index is -0.275. The minimum absolute atomic E-state index is 0.0515. The predicted octanol–water partition coefficient (Wildman–Crippen LogP) is 0.706. The first-order valence-electron chi connectivity index (χ1n) is 6.39. The SMILES string of the molecule is CC1(CNC(=O)[C@H]2CSCN2)CCCCC1O. The maximum Gasteiger partial charge on any atom is 0.238 e. The molecule has 3 N–H and O–H groups in total. The molecule has 4 nitrogen and oxygen atoms in total. The Morgan fingerprint density at radius 2 is 2.41 bits per heavy atom. The molecule has 2 aliphatic rings. The molecular weight excluding hydrogens is 236 g/mol. The average molecular weight is 258 g/mol. The van der Waals surface area contributed by atoms with Gasteiger partial charge in [-0.05, 0) is 12.8 Å². The fourth-order valence-corrected chi connectivity index (χ4v) is 3.51. The van der Waals surface area contributed by atoms with Crippen molar-refractivity contribution in [2.75, 3.05) is 18.2 Å². The Hall–Kier alpha value is -0.260. The number of aliphatic hydroxyl groups excluding tert-OH is 1. The summed E-state index contributed by atoms with van der Waals surface area (Å²) in [5.41, 5.74) is -0.139. The van der Waals surface area contributed by atoms with Gasteiger partial charge in [0.05, 0.1) is 12.1 Å². The van der Waals surface area contributed by atoms with E-state index in [-0.39, 0.29) is 23.5 Å². The number of aliphatic hydroxyl groups is 1. The highest BCUT2D eigenvalue weighted by atomic mass is 32.2. The van der Waals surface area contributed by atoms with E-state index in [1.54, 1.807) is 11.8 Å². The van der Waals surface area contributed by atoms with Gasteiger partial charge in [-0.2, -0.15) is 0 Å². The van der Waals surface area contributed by atoms with E-state index >= 15 is 0 Å². The van der Waals surface area contributed by atoms with Gasteiger partial charge in [-0.15, -0.1) is 11.8 Å². The number of amides is 1. The van der Waals surface area contributed by atoms with Gasteiger partial charge >= 0.3 is 0 Å². The van der Waals surface area contributed by atoms with E-state index in [1.165, 1.54) is 0 Å². The zero-order valence-electron chi connectivity index (χ0n) is 10.4. The fourth-order valence-electron chi connectivity index (χ4n) is 2.56. The maximum atomic E-state index is 11.9. The van der Waals surface area contributed by atoms with Crippen LogP contribution in [0.5, 0.6) is 0 Å². The van der Waals surface area contributed by atoms with Crippen molar-refractivity contribution in [2.45, 2.75) is 44.8 Å². The summed E-state index contributed by atoms with van der Waals surface area (Å²) < 4.78 is 0. The van der Waals surface area contributed by atoms with Crippen LogP contribution in [0.15, 0.2) is 0 Å². The molecule has 1 aliphatic carbocycles. The summed E-state index contributed by atoms with van der Waals surface area (Å²) in [5, 5.41) is 16.2. The second-order valence-corrected chi connectivity index (χ2v) is 6.44. The van der Waals surface area contributed by atoms with Gasteiger partial charge in [0.25, 0.3) is 0 Å². The molecular formula is C12H22N2O2S. The van der Waals surface area contributed by atoms with Gasteiger partial charge in [0, 0.05) is 23.6 Å². The van der Waals surface area contributed by atoms with Crippen LogP contribution in [0.3, 0.4) is 0 Å². The third-order valence-electron chi connectivity index (χ3n) is 3.98. The van der Waals surface area contributed by atoms with Crippen LogP contribution < -0.4 is 10.6 Å². The number of rotatable bonds is 3. The van der Waals surface area contributed by atoms with E-state index < -0.39 is 0 Å². The molecule has 0 spiro atoms. The van der Waals surface area contributed by atoms with Gasteiger partial charge in [0.1, 0.15) is 0 Å². The summed E-state index contributed by atoms with van der Waals surface area (Å²) in [6, 6.07) is -0.0515. The number of hydrogen-bond donors (Lipinski definition) is 3. The number of nitrogens with one attached hydrogen (secondary N) is 2. The van der Waals surface area contributed by atoms with Crippen molar-refractivity contribution < 1.29 is 9.90 Å². The standard InChI is InChI=1S/C12H22N2O2S/c1-12(5-3-2-4-10(12)15)7-13-11(16)9-6-17-8-14-9/h9-10,14-15H,2-8H2,1H3,(H,13,16)/t9-,10?,12?/m1/s1. The molecule has 0 aromatic rings. The molecule has 1 saturated carbocycles. The van der Waals surface area contributed by atoms with Gasteiger partial charge < -0.3 is 10.4 Å². The van der Waals surface area contributed by atoms with Crippen molar-refractivity contribution in [1.29, 1.82) is 0 Å². The number of hydrogen-bond acceptors (Lipinski definition) is 4. The third kappa shape index (κ3) is 3.14. The summed E-state index contributed by atoms with van der Waals surface area (Å²) >= 11 is 1.75. The van der Waals surface area contributed by atoms with E-state index in [9.17, 15) is 9.90 Å². The van der Waals surface area contributed by atoms with Gasteiger partial charge in [0.2, 0.25) is 5.91 Å². The second-order valence-electron chi connectivity index (χ2n) is 5.41. The molecule has 17 heavy (non-hydrogen) atoms. The molecule has 0 radical (unpaired) electrons. The number of carbonyl (C=O) groups excluding carboxylic acids is 1. The lowest BCUT2D eigenvalue weighted by Gasteiger charge is -2.38. The number of carbonyl (C=O) groups is 1. The van der Waals surface area contributed by atoms with Crippen molar-refractivity contribution >= 4 is 17.7 Å². The minimum Gasteiger partial charge on any atom is -0.392 e. The summed E-state index contributed by atoms with van der Waals surface area (Å²) in [7, 11) is 0. The Bertz CT molecular complexity index is 282. The molecule has 5 heteroatoms. The molecule has 1 saturated heterocycles. The zero-order chi connectivity index (χ0) is 12.3. The summed E-state index contributed by atoms with van der Waals surface area (Å²) in [5.74, 6) is 1.79. The van der Waals surface area contributed by atoms with Crippen LogP contribution in [0.2, 0.25) is 0 Å². The average Bonchev–Trinajstić information content (AvgIpc) is 2.84. The Morgan fingerprint density at radius 1 is 1.59 bits per heavy atom. The Morgan fingerprint density at radius 3 is 3.06 bits per heavy atom. The zero-order valence-corrected chi connectivity index (χ0v) is 11.2. The van der Waals surface area contributed by atoms with E-state index in [0.29, 0.717) is 6.54 Å². The first-order chi connectivity index (χ1) is 8.12. The van der Waals surface area contributed by atoms with Crippen LogP contribution in [0.1, 0.15) is 32.6 Å². The monoisotopic (exact) mass is 258 g/mol. The normalized spacial score (nSPS) is 38.0. The van der Waals surface area contributed by atoms with Crippen LogP contribution in [0.25, 0.3) is 0 Å². The lowest BCUT2D eigenvalue weighted by molar-refractivity contribution is -0.123. The Kier molecular flexibility index (Phi) is 4.33. The van der Waals surface area contributed by atoms with Crippen LogP contribution in [0, 0.1) is 5.41 Å². The first-order valence-corrected chi connectivity index (χ1v) is 7.54. The molecule has 2 unspecified atom stereocenters. The van der Waals surface area contributed by atoms with Gasteiger partial charge in [-0.1, -0.05) is 19.8 Å². The van der Waals surface area contributed by atoms with E-state index in [1.807, 2.05) is 0 Å². The molecule has 1 amide bonds. The Balaban J connectivity index is 1.81. The van der Waals surface area contributed by atoms with Gasteiger partial charge in [0.15, 0.2) is 0 Å². The quantitative estimate of drug-likeness (QED) is 0.697. The molecule has 1 heterocycles. The van der Waals surface area contributed by atoms with E-state index in [4.69, 9.17) is 0 Å². The van der Waals surface area contributed by atoms with E-state index in [2.05, 4.69) is 17.6 Å². The molecule has 0 bridgehead atoms. The molecule has 1 aliphatic heterocycles. The van der Waals surface area contributed by atoms with Gasteiger partial charge in [-0.25, -0.2) is 0 Å². The molecule has 98 valence electrons. The van der Waals surface area contributed by atoms with Crippen molar-refractivity contribution in [1.82, 2.24) is 10.6 Å². The summed E-state index contributed by atoms with van der Waals surface area (Å²) in [6.07, 6.45) is 3.85. The van der Waals surface area contributed by atoms with Crippen LogP contribution in [-0.4, -0.2) is 41.3 Å². The lowest BCUT2D eigenvalue weighted by atomic mass is 9.73. The van der Waals surface area contributed by atoms with Crippen molar-refractivity contribution in [3.05, 3.63) is 0 Å². The molecule has 0 aromatic carbocycles. The topological polar surface area (TPSA) is 61.4 Å². The van der Waals surface area contributed by atoms with Gasteiger partial charge in [-0.3, -0.25) is 10.1 Å². The second kappa shape index (κ2) is 5.59. The first kappa shape index (κ1) is 13.2. The molecule has 2 fully saturated rings. The summed E-state index contributed by atoms with van der Waals surface area (Å²) in [6.45, 7) is 2.67. The van der Waals surface area contributed by atoms with Crippen LogP contribution in [0.4, 0.5) is 0 Å². The van der Waals surface area contributed by atoms with Crippen molar-refractivity contribution in [2.24, 2.45) is 5.41 Å². The highest BCUT2D eigenvalue weighted by molar-refractivity contribution is 7.99. The Labute approximate surface area is 107 Å². The van der Waals surface area contributed by atoms with Crippen molar-refractivity contribution in [3.8, 4) is 0 Å². The molecule has 2 rings (SSSR count). The highest BCUT2D eigenvalue weighted by Crippen LogP contribution is 2.35. The van der Waals surface area contributed by atoms with Crippen LogP contribution >= 0.6 is 11.8 Å². The molecule has 0 aromatic heterocycles. The fraction of sp³-hybridized carbons (Fsp3) is 0.917. The summed E-state index contributed by atoms with van der Waals surface area (Å²) in [4.78, 5) is 11.9. The highest BCUT2D eigenvalue weighted by Gasteiger charge is 2.36. The largest absolute Gasteiger partial charge is 0.392 e.